The first-order valence-electron chi connectivity index (χ1n) is 12.8. The zero-order valence-electron chi connectivity index (χ0n) is 22.0. The average Bonchev–Trinajstić information content (AvgIpc) is 2.89. The van der Waals surface area contributed by atoms with Crippen molar-refractivity contribution in [2.45, 2.75) is 58.4 Å². The second-order valence-electron chi connectivity index (χ2n) is 9.83. The molecule has 2 N–H and O–H groups in total. The Hall–Kier alpha value is -3.49. The lowest BCUT2D eigenvalue weighted by Crippen LogP contribution is -2.26. The van der Waals surface area contributed by atoms with Crippen molar-refractivity contribution in [3.8, 4) is 0 Å². The first kappa shape index (κ1) is 27.1. The van der Waals surface area contributed by atoms with Gasteiger partial charge < -0.3 is 5.73 Å². The number of hydrogen-bond donors (Lipinski definition) is 1. The molecule has 0 aliphatic rings. The van der Waals surface area contributed by atoms with Gasteiger partial charge in [0.15, 0.2) is 0 Å². The minimum atomic E-state index is -0.0334. The first-order chi connectivity index (χ1) is 17.3. The third-order valence-electron chi connectivity index (χ3n) is 6.69. The number of carbonyl (C=O) groups is 1. The predicted molar refractivity (Wildman–Crippen MR) is 152 cm³/mol. The van der Waals surface area contributed by atoms with Gasteiger partial charge in [-0.05, 0) is 62.8 Å². The van der Waals surface area contributed by atoms with Crippen LogP contribution in [0.1, 0.15) is 59.1 Å². The molecule has 0 saturated heterocycles. The van der Waals surface area contributed by atoms with E-state index in [-0.39, 0.29) is 17.7 Å². The zero-order valence-corrected chi connectivity index (χ0v) is 22.0. The van der Waals surface area contributed by atoms with E-state index in [1.165, 1.54) is 27.8 Å². The molecule has 0 saturated carbocycles. The van der Waals surface area contributed by atoms with Gasteiger partial charge in [0.05, 0.1) is 0 Å². The van der Waals surface area contributed by atoms with Gasteiger partial charge in [-0.15, -0.1) is 0 Å². The average molecular weight is 478 g/mol. The van der Waals surface area contributed by atoms with Gasteiger partial charge in [-0.1, -0.05) is 120 Å². The Balaban J connectivity index is 0.000000201. The summed E-state index contributed by atoms with van der Waals surface area (Å²) in [6.07, 6.45) is 1.78. The molecule has 0 fully saturated rings. The number of hydrogen-bond acceptors (Lipinski definition) is 2. The van der Waals surface area contributed by atoms with Crippen LogP contribution < -0.4 is 5.73 Å². The maximum absolute atomic E-state index is 11.8. The molecule has 4 aromatic carbocycles. The van der Waals surface area contributed by atoms with Crippen LogP contribution in [0.15, 0.2) is 109 Å². The number of nitrogens with two attached hydrogens (primary N) is 1. The predicted octanol–water partition coefficient (Wildman–Crippen LogP) is 7.58. The third-order valence-corrected chi connectivity index (χ3v) is 6.69. The third kappa shape index (κ3) is 8.32. The molecule has 0 spiro atoms. The van der Waals surface area contributed by atoms with Crippen molar-refractivity contribution in [2.75, 3.05) is 0 Å². The summed E-state index contributed by atoms with van der Waals surface area (Å²) in [4.78, 5) is 11.8. The molecular formula is C34H39NO. The molecular weight excluding hydrogens is 438 g/mol. The number of Topliss-reactive ketones (excluding diaryl/α,β-unsaturated/α-hetero) is 1. The van der Waals surface area contributed by atoms with Crippen LogP contribution in [0.5, 0.6) is 0 Å². The van der Waals surface area contributed by atoms with Crippen LogP contribution >= 0.6 is 0 Å². The number of ketones is 1. The van der Waals surface area contributed by atoms with Gasteiger partial charge in [0.25, 0.3) is 0 Å². The summed E-state index contributed by atoms with van der Waals surface area (Å²) in [5.74, 6) is 0.574. The maximum atomic E-state index is 11.8. The van der Waals surface area contributed by atoms with Crippen molar-refractivity contribution in [3.05, 3.63) is 143 Å². The van der Waals surface area contributed by atoms with Crippen LogP contribution in [0.3, 0.4) is 0 Å². The van der Waals surface area contributed by atoms with E-state index >= 15 is 0 Å². The lowest BCUT2D eigenvalue weighted by molar-refractivity contribution is -0.118. The SMILES string of the molecule is CC(=O)C(Cc1ccc(C)cc1)c1ccccc1.Cc1ccc(CC(c2ccccc2)C(C)N)cc1. The Bertz CT molecular complexity index is 1180. The molecule has 0 aliphatic heterocycles. The van der Waals surface area contributed by atoms with E-state index in [4.69, 9.17) is 5.73 Å². The quantitative estimate of drug-likeness (QED) is 0.284. The molecule has 36 heavy (non-hydrogen) atoms. The van der Waals surface area contributed by atoms with Crippen molar-refractivity contribution in [2.24, 2.45) is 5.73 Å². The number of rotatable bonds is 8. The van der Waals surface area contributed by atoms with Crippen LogP contribution in [0, 0.1) is 13.8 Å². The van der Waals surface area contributed by atoms with E-state index in [2.05, 4.69) is 93.6 Å². The van der Waals surface area contributed by atoms with Gasteiger partial charge in [-0.2, -0.15) is 0 Å². The number of benzene rings is 4. The van der Waals surface area contributed by atoms with Crippen LogP contribution in [0.25, 0.3) is 0 Å². The molecule has 0 heterocycles. The van der Waals surface area contributed by atoms with Crippen molar-refractivity contribution < 1.29 is 4.79 Å². The van der Waals surface area contributed by atoms with Crippen molar-refractivity contribution >= 4 is 5.78 Å². The van der Waals surface area contributed by atoms with Crippen LogP contribution in [0.2, 0.25) is 0 Å². The van der Waals surface area contributed by atoms with Crippen molar-refractivity contribution in [1.82, 2.24) is 0 Å². The van der Waals surface area contributed by atoms with E-state index in [9.17, 15) is 4.79 Å². The van der Waals surface area contributed by atoms with Gasteiger partial charge in [0, 0.05) is 17.9 Å². The second-order valence-corrected chi connectivity index (χ2v) is 9.83. The topological polar surface area (TPSA) is 43.1 Å². The zero-order chi connectivity index (χ0) is 25.9. The van der Waals surface area contributed by atoms with Gasteiger partial charge in [-0.25, -0.2) is 0 Å². The van der Waals surface area contributed by atoms with E-state index in [0.717, 1.165) is 18.4 Å². The summed E-state index contributed by atoms with van der Waals surface area (Å²) < 4.78 is 0. The fraction of sp³-hybridized carbons (Fsp3) is 0.265. The highest BCUT2D eigenvalue weighted by Crippen LogP contribution is 2.24. The summed E-state index contributed by atoms with van der Waals surface area (Å²) in [6, 6.07) is 37.9. The highest BCUT2D eigenvalue weighted by molar-refractivity contribution is 5.83. The molecule has 186 valence electrons. The lowest BCUT2D eigenvalue weighted by atomic mass is 9.87. The van der Waals surface area contributed by atoms with Crippen LogP contribution in [-0.4, -0.2) is 11.8 Å². The number of aryl methyl sites for hydroxylation is 2. The van der Waals surface area contributed by atoms with E-state index in [0.29, 0.717) is 5.92 Å². The first-order valence-corrected chi connectivity index (χ1v) is 12.8. The van der Waals surface area contributed by atoms with E-state index < -0.39 is 0 Å². The van der Waals surface area contributed by atoms with Crippen LogP contribution in [-0.2, 0) is 17.6 Å². The van der Waals surface area contributed by atoms with Crippen molar-refractivity contribution in [3.63, 3.8) is 0 Å². The molecule has 0 aromatic heterocycles. The molecule has 4 rings (SSSR count). The lowest BCUT2D eigenvalue weighted by Gasteiger charge is -2.21. The number of carbonyl (C=O) groups excluding carboxylic acids is 1. The Kier molecular flexibility index (Phi) is 10.2. The van der Waals surface area contributed by atoms with Gasteiger partial charge in [0.1, 0.15) is 5.78 Å². The molecule has 2 heteroatoms. The summed E-state index contributed by atoms with van der Waals surface area (Å²) in [7, 11) is 0. The van der Waals surface area contributed by atoms with Crippen LogP contribution in [0.4, 0.5) is 0 Å². The minimum Gasteiger partial charge on any atom is -0.327 e. The molecule has 3 unspecified atom stereocenters. The molecule has 0 aliphatic carbocycles. The largest absolute Gasteiger partial charge is 0.327 e. The summed E-state index contributed by atoms with van der Waals surface area (Å²) in [5, 5.41) is 0. The molecule has 0 amide bonds. The summed E-state index contributed by atoms with van der Waals surface area (Å²) >= 11 is 0. The molecule has 0 bridgehead atoms. The highest BCUT2D eigenvalue weighted by atomic mass is 16.1. The molecule has 2 nitrogen and oxygen atoms in total. The summed E-state index contributed by atoms with van der Waals surface area (Å²) in [5.41, 5.74) is 13.7. The highest BCUT2D eigenvalue weighted by Gasteiger charge is 2.17. The second kappa shape index (κ2) is 13.6. The molecule has 0 radical (unpaired) electrons. The molecule has 3 atom stereocenters. The molecule has 4 aromatic rings. The maximum Gasteiger partial charge on any atom is 0.137 e. The fourth-order valence-electron chi connectivity index (χ4n) is 4.43. The fourth-order valence-corrected chi connectivity index (χ4v) is 4.43. The Labute approximate surface area is 217 Å². The van der Waals surface area contributed by atoms with Gasteiger partial charge >= 0.3 is 0 Å². The van der Waals surface area contributed by atoms with Gasteiger partial charge in [-0.3, -0.25) is 4.79 Å². The Morgan fingerprint density at radius 1 is 0.639 bits per heavy atom. The minimum absolute atomic E-state index is 0.0334. The summed E-state index contributed by atoms with van der Waals surface area (Å²) in [6.45, 7) is 7.95. The van der Waals surface area contributed by atoms with E-state index in [1.54, 1.807) is 6.92 Å². The smallest absolute Gasteiger partial charge is 0.137 e. The monoisotopic (exact) mass is 477 g/mol. The van der Waals surface area contributed by atoms with Crippen molar-refractivity contribution in [1.29, 1.82) is 0 Å². The Morgan fingerprint density at radius 3 is 1.47 bits per heavy atom. The standard InChI is InChI=1S/C17H21N.C17H18O/c2*1-13-8-10-15(11-9-13)12-17(14(2)18)16-6-4-3-5-7-16/h3-11,14,17H,12,18H2,1-2H3;3-11,17H,12H2,1-2H3. The van der Waals surface area contributed by atoms with E-state index in [1.807, 2.05) is 36.4 Å². The normalized spacial score (nSPS) is 13.1. The Morgan fingerprint density at radius 2 is 1.06 bits per heavy atom. The van der Waals surface area contributed by atoms with Gasteiger partial charge in [0.2, 0.25) is 0 Å².